The van der Waals surface area contributed by atoms with Gasteiger partial charge in [0.1, 0.15) is 18.1 Å². The van der Waals surface area contributed by atoms with Crippen molar-refractivity contribution < 1.29 is 19.1 Å². The summed E-state index contributed by atoms with van der Waals surface area (Å²) in [6, 6.07) is 14.4. The van der Waals surface area contributed by atoms with E-state index in [1.807, 2.05) is 19.1 Å². The normalized spacial score (nSPS) is 9.92. The Kier molecular flexibility index (Phi) is 6.19. The number of amides is 2. The summed E-state index contributed by atoms with van der Waals surface area (Å²) in [7, 11) is 1.59. The number of rotatable bonds is 6. The minimum atomic E-state index is -0.700. The smallest absolute Gasteiger partial charge is 0.313 e. The van der Waals surface area contributed by atoms with Gasteiger partial charge in [-0.15, -0.1) is 0 Å². The predicted octanol–water partition coefficient (Wildman–Crippen LogP) is 2.14. The number of aryl methyl sites for hydroxylation is 1. The van der Waals surface area contributed by atoms with E-state index in [2.05, 4.69) is 10.6 Å². The molecule has 2 rings (SSSR count). The Labute approximate surface area is 140 Å². The quantitative estimate of drug-likeness (QED) is 0.629. The molecule has 24 heavy (non-hydrogen) atoms. The second-order valence-electron chi connectivity index (χ2n) is 5.05. The Hall–Kier alpha value is -3.02. The molecule has 2 aromatic carbocycles. The monoisotopic (exact) mass is 328 g/mol. The number of nitrogens with one attached hydrogen (secondary N) is 2. The van der Waals surface area contributed by atoms with Crippen LogP contribution in [-0.4, -0.2) is 32.1 Å². The number of methoxy groups -OCH3 is 1. The first-order chi connectivity index (χ1) is 11.6. The van der Waals surface area contributed by atoms with Gasteiger partial charge < -0.3 is 20.1 Å². The Balaban J connectivity index is 1.72. The van der Waals surface area contributed by atoms with E-state index in [0.717, 1.165) is 11.3 Å². The van der Waals surface area contributed by atoms with E-state index >= 15 is 0 Å². The van der Waals surface area contributed by atoms with Crippen molar-refractivity contribution in [2.24, 2.45) is 0 Å². The molecule has 0 aromatic heterocycles. The molecule has 0 aliphatic carbocycles. The molecule has 126 valence electrons. The fourth-order valence-corrected chi connectivity index (χ4v) is 1.98. The van der Waals surface area contributed by atoms with Crippen molar-refractivity contribution in [3.63, 3.8) is 0 Å². The van der Waals surface area contributed by atoms with Crippen LogP contribution in [-0.2, 0) is 9.59 Å². The van der Waals surface area contributed by atoms with Crippen molar-refractivity contribution in [3.8, 4) is 11.5 Å². The van der Waals surface area contributed by atoms with E-state index in [9.17, 15) is 9.59 Å². The van der Waals surface area contributed by atoms with E-state index < -0.39 is 11.8 Å². The number of carbonyl (C=O) groups is 2. The molecule has 0 heterocycles. The summed E-state index contributed by atoms with van der Waals surface area (Å²) >= 11 is 0. The molecule has 0 spiro atoms. The molecule has 2 amide bonds. The van der Waals surface area contributed by atoms with Crippen molar-refractivity contribution in [3.05, 3.63) is 54.1 Å². The highest BCUT2D eigenvalue weighted by atomic mass is 16.5. The molecule has 2 N–H and O–H groups in total. The molecule has 6 heteroatoms. The zero-order chi connectivity index (χ0) is 17.4. The first-order valence-electron chi connectivity index (χ1n) is 7.52. The van der Waals surface area contributed by atoms with E-state index in [4.69, 9.17) is 9.47 Å². The van der Waals surface area contributed by atoms with Crippen LogP contribution in [0.25, 0.3) is 0 Å². The second kappa shape index (κ2) is 8.57. The summed E-state index contributed by atoms with van der Waals surface area (Å²) in [6.45, 7) is 2.35. The number of hydrogen-bond acceptors (Lipinski definition) is 4. The van der Waals surface area contributed by atoms with Gasteiger partial charge in [-0.3, -0.25) is 9.59 Å². The number of benzene rings is 2. The molecule has 0 unspecified atom stereocenters. The lowest BCUT2D eigenvalue weighted by atomic mass is 10.2. The molecule has 0 radical (unpaired) electrons. The van der Waals surface area contributed by atoms with E-state index in [1.165, 1.54) is 0 Å². The lowest BCUT2D eigenvalue weighted by Gasteiger charge is -2.09. The van der Waals surface area contributed by atoms with Crippen LogP contribution in [0.4, 0.5) is 5.69 Å². The lowest BCUT2D eigenvalue weighted by molar-refractivity contribution is -0.136. The molecule has 0 aliphatic heterocycles. The van der Waals surface area contributed by atoms with Crippen molar-refractivity contribution in [2.45, 2.75) is 6.92 Å². The molecule has 0 aliphatic rings. The van der Waals surface area contributed by atoms with Crippen LogP contribution in [0.15, 0.2) is 48.5 Å². The van der Waals surface area contributed by atoms with Crippen LogP contribution >= 0.6 is 0 Å². The van der Waals surface area contributed by atoms with Crippen molar-refractivity contribution in [1.82, 2.24) is 5.32 Å². The number of carbonyl (C=O) groups excluding carboxylic acids is 2. The number of ether oxygens (including phenoxy) is 2. The van der Waals surface area contributed by atoms with Gasteiger partial charge in [0.25, 0.3) is 0 Å². The third-order valence-electron chi connectivity index (χ3n) is 3.32. The topological polar surface area (TPSA) is 76.7 Å². The highest BCUT2D eigenvalue weighted by Crippen LogP contribution is 2.16. The summed E-state index contributed by atoms with van der Waals surface area (Å²) in [5.74, 6) is 0.00303. The highest BCUT2D eigenvalue weighted by Gasteiger charge is 2.13. The van der Waals surface area contributed by atoms with Gasteiger partial charge in [0.2, 0.25) is 0 Å². The lowest BCUT2D eigenvalue weighted by Crippen LogP contribution is -2.37. The Morgan fingerprint density at radius 1 is 0.958 bits per heavy atom. The third-order valence-corrected chi connectivity index (χ3v) is 3.32. The van der Waals surface area contributed by atoms with Crippen LogP contribution in [0.2, 0.25) is 0 Å². The molecule has 2 aromatic rings. The van der Waals surface area contributed by atoms with Gasteiger partial charge in [0, 0.05) is 5.69 Å². The van der Waals surface area contributed by atoms with Gasteiger partial charge >= 0.3 is 11.8 Å². The standard InChI is InChI=1S/C18H20N2O4/c1-13-5-3-4-6-16(13)20-18(22)17(21)19-11-12-24-15-9-7-14(23-2)8-10-15/h3-10H,11-12H2,1-2H3,(H,19,21)(H,20,22). The van der Waals surface area contributed by atoms with E-state index in [-0.39, 0.29) is 13.2 Å². The first-order valence-corrected chi connectivity index (χ1v) is 7.52. The maximum absolute atomic E-state index is 11.8. The Bertz CT molecular complexity index is 698. The molecule has 0 bridgehead atoms. The Morgan fingerprint density at radius 3 is 2.29 bits per heavy atom. The van der Waals surface area contributed by atoms with Gasteiger partial charge in [0.15, 0.2) is 0 Å². The summed E-state index contributed by atoms with van der Waals surface area (Å²) in [6.07, 6.45) is 0. The second-order valence-corrected chi connectivity index (χ2v) is 5.05. The fraction of sp³-hybridized carbons (Fsp3) is 0.222. The predicted molar refractivity (Wildman–Crippen MR) is 91.3 cm³/mol. The van der Waals surface area contributed by atoms with E-state index in [0.29, 0.717) is 11.4 Å². The van der Waals surface area contributed by atoms with Crippen LogP contribution in [0.3, 0.4) is 0 Å². The van der Waals surface area contributed by atoms with Gasteiger partial charge in [0.05, 0.1) is 13.7 Å². The summed E-state index contributed by atoms with van der Waals surface area (Å²) in [5, 5.41) is 5.09. The minimum Gasteiger partial charge on any atom is -0.497 e. The fourth-order valence-electron chi connectivity index (χ4n) is 1.98. The van der Waals surface area contributed by atoms with Crippen LogP contribution < -0.4 is 20.1 Å². The molecule has 0 atom stereocenters. The number of para-hydroxylation sites is 1. The summed E-state index contributed by atoms with van der Waals surface area (Å²) in [4.78, 5) is 23.6. The maximum atomic E-state index is 11.8. The average molecular weight is 328 g/mol. The first kappa shape index (κ1) is 17.3. The molecular formula is C18H20N2O4. The van der Waals surface area contributed by atoms with Crippen LogP contribution in [0.1, 0.15) is 5.56 Å². The zero-order valence-corrected chi connectivity index (χ0v) is 13.7. The maximum Gasteiger partial charge on any atom is 0.313 e. The largest absolute Gasteiger partial charge is 0.497 e. The minimum absolute atomic E-state index is 0.228. The molecule has 0 fully saturated rings. The zero-order valence-electron chi connectivity index (χ0n) is 13.7. The SMILES string of the molecule is COc1ccc(OCCNC(=O)C(=O)Nc2ccccc2C)cc1. The number of anilines is 1. The van der Waals surface area contributed by atoms with Crippen LogP contribution in [0.5, 0.6) is 11.5 Å². The van der Waals surface area contributed by atoms with Crippen molar-refractivity contribution >= 4 is 17.5 Å². The van der Waals surface area contributed by atoms with Gasteiger partial charge in [-0.25, -0.2) is 0 Å². The third kappa shape index (κ3) is 5.01. The van der Waals surface area contributed by atoms with E-state index in [1.54, 1.807) is 43.5 Å². The molecular weight excluding hydrogens is 308 g/mol. The van der Waals surface area contributed by atoms with Gasteiger partial charge in [-0.05, 0) is 42.8 Å². The average Bonchev–Trinajstić information content (AvgIpc) is 2.61. The number of hydrogen-bond donors (Lipinski definition) is 2. The Morgan fingerprint density at radius 2 is 1.62 bits per heavy atom. The van der Waals surface area contributed by atoms with Crippen LogP contribution in [0, 0.1) is 6.92 Å². The van der Waals surface area contributed by atoms with Gasteiger partial charge in [-0.2, -0.15) is 0 Å². The summed E-state index contributed by atoms with van der Waals surface area (Å²) < 4.78 is 10.5. The van der Waals surface area contributed by atoms with Gasteiger partial charge in [-0.1, -0.05) is 18.2 Å². The molecule has 0 saturated heterocycles. The summed E-state index contributed by atoms with van der Waals surface area (Å²) in [5.41, 5.74) is 1.51. The van der Waals surface area contributed by atoms with Crippen molar-refractivity contribution in [2.75, 3.05) is 25.6 Å². The highest BCUT2D eigenvalue weighted by molar-refractivity contribution is 6.39. The molecule has 6 nitrogen and oxygen atoms in total. The van der Waals surface area contributed by atoms with Crippen molar-refractivity contribution in [1.29, 1.82) is 0 Å². The molecule has 0 saturated carbocycles.